The van der Waals surface area contributed by atoms with Gasteiger partial charge in [-0.3, -0.25) is 9.59 Å². The molecule has 2 atom stereocenters. The number of aromatic nitrogens is 1. The first-order valence-corrected chi connectivity index (χ1v) is 8.31. The minimum absolute atomic E-state index is 0.116. The molecule has 124 valence electrons. The number of benzene rings is 1. The molecular formula is C16H12Cl3N3O2. The van der Waals surface area contributed by atoms with Gasteiger partial charge >= 0.3 is 0 Å². The van der Waals surface area contributed by atoms with Gasteiger partial charge in [-0.05, 0) is 24.6 Å². The lowest BCUT2D eigenvalue weighted by Crippen LogP contribution is -2.17. The van der Waals surface area contributed by atoms with E-state index in [2.05, 4.69) is 15.6 Å². The molecule has 0 bridgehead atoms. The Kier molecular flexibility index (Phi) is 4.94. The summed E-state index contributed by atoms with van der Waals surface area (Å²) in [6.07, 6.45) is 2.14. The molecule has 3 rings (SSSR count). The first-order chi connectivity index (χ1) is 11.5. The number of amides is 2. The van der Waals surface area contributed by atoms with Gasteiger partial charge < -0.3 is 10.6 Å². The highest BCUT2D eigenvalue weighted by Crippen LogP contribution is 2.36. The van der Waals surface area contributed by atoms with Gasteiger partial charge in [0.1, 0.15) is 5.82 Å². The maximum Gasteiger partial charge on any atom is 0.258 e. The van der Waals surface area contributed by atoms with E-state index >= 15 is 0 Å². The highest BCUT2D eigenvalue weighted by molar-refractivity contribution is 6.40. The molecule has 2 amide bonds. The second-order valence-electron chi connectivity index (χ2n) is 5.33. The van der Waals surface area contributed by atoms with Crippen LogP contribution in [0.1, 0.15) is 16.8 Å². The number of hydrogen-bond donors (Lipinski definition) is 2. The number of carbonyl (C=O) groups is 2. The third-order valence-corrected chi connectivity index (χ3v) is 4.62. The minimum atomic E-state index is -0.447. The van der Waals surface area contributed by atoms with Crippen LogP contribution in [0.25, 0.3) is 0 Å². The summed E-state index contributed by atoms with van der Waals surface area (Å²) in [7, 11) is 0. The predicted molar refractivity (Wildman–Crippen MR) is 95.0 cm³/mol. The summed E-state index contributed by atoms with van der Waals surface area (Å²) in [5.74, 6) is -0.482. The number of hydrogen-bond acceptors (Lipinski definition) is 3. The molecular weight excluding hydrogens is 373 g/mol. The van der Waals surface area contributed by atoms with Gasteiger partial charge in [0, 0.05) is 23.3 Å². The number of nitrogens with one attached hydrogen (secondary N) is 2. The minimum Gasteiger partial charge on any atom is -0.322 e. The van der Waals surface area contributed by atoms with Crippen LogP contribution in [0.3, 0.4) is 0 Å². The molecule has 2 aromatic rings. The summed E-state index contributed by atoms with van der Waals surface area (Å²) in [5.41, 5.74) is 0.644. The molecule has 5 nitrogen and oxygen atoms in total. The molecule has 2 N–H and O–H groups in total. The Morgan fingerprint density at radius 3 is 2.42 bits per heavy atom. The van der Waals surface area contributed by atoms with Crippen LogP contribution in [0.4, 0.5) is 11.5 Å². The fourth-order valence-corrected chi connectivity index (χ4v) is 3.01. The zero-order valence-electron chi connectivity index (χ0n) is 12.2. The van der Waals surface area contributed by atoms with E-state index in [4.69, 9.17) is 34.8 Å². The zero-order valence-corrected chi connectivity index (χ0v) is 14.5. The van der Waals surface area contributed by atoms with Crippen LogP contribution in [0.15, 0.2) is 36.5 Å². The van der Waals surface area contributed by atoms with Crippen LogP contribution < -0.4 is 10.6 Å². The number of alkyl halides is 1. The number of pyridine rings is 1. The fraction of sp³-hybridized carbons (Fsp3) is 0.188. The summed E-state index contributed by atoms with van der Waals surface area (Å²) in [5, 5.41) is 5.75. The average Bonchev–Trinajstić information content (AvgIpc) is 3.24. The highest BCUT2D eigenvalue weighted by Gasteiger charge is 2.41. The second kappa shape index (κ2) is 6.97. The molecule has 0 spiro atoms. The maximum absolute atomic E-state index is 12.3. The van der Waals surface area contributed by atoms with Crippen LogP contribution in [0, 0.1) is 5.92 Å². The second-order valence-corrected chi connectivity index (χ2v) is 6.70. The number of carbonyl (C=O) groups excluding carboxylic acids is 2. The van der Waals surface area contributed by atoms with Gasteiger partial charge in [-0.15, -0.1) is 11.6 Å². The summed E-state index contributed by atoms with van der Waals surface area (Å²) in [6, 6.07) is 7.97. The van der Waals surface area contributed by atoms with Crippen LogP contribution >= 0.6 is 34.8 Å². The van der Waals surface area contributed by atoms with Crippen molar-refractivity contribution in [3.8, 4) is 0 Å². The summed E-state index contributed by atoms with van der Waals surface area (Å²) in [6.45, 7) is 0. The molecule has 0 aliphatic heterocycles. The van der Waals surface area contributed by atoms with Crippen LogP contribution in [-0.4, -0.2) is 22.2 Å². The smallest absolute Gasteiger partial charge is 0.258 e. The molecule has 2 unspecified atom stereocenters. The van der Waals surface area contributed by atoms with Crippen molar-refractivity contribution in [1.82, 2.24) is 4.98 Å². The molecule has 1 aliphatic rings. The fourth-order valence-electron chi connectivity index (χ4n) is 2.14. The third kappa shape index (κ3) is 3.80. The Morgan fingerprint density at radius 1 is 1.12 bits per heavy atom. The lowest BCUT2D eigenvalue weighted by Gasteiger charge is -2.10. The molecule has 8 heteroatoms. The lowest BCUT2D eigenvalue weighted by molar-refractivity contribution is -0.117. The van der Waals surface area contributed by atoms with Crippen molar-refractivity contribution in [3.63, 3.8) is 0 Å². The van der Waals surface area contributed by atoms with E-state index in [1.807, 2.05) is 0 Å². The Hall–Kier alpha value is -1.82. The molecule has 1 saturated carbocycles. The number of nitrogens with zero attached hydrogens (tertiary/aromatic N) is 1. The van der Waals surface area contributed by atoms with E-state index < -0.39 is 5.91 Å². The molecule has 1 aromatic carbocycles. The summed E-state index contributed by atoms with van der Waals surface area (Å²) in [4.78, 5) is 28.3. The van der Waals surface area contributed by atoms with E-state index in [0.717, 1.165) is 0 Å². The van der Waals surface area contributed by atoms with Crippen molar-refractivity contribution in [2.75, 3.05) is 10.6 Å². The predicted octanol–water partition coefficient (Wildman–Crippen LogP) is 4.21. The van der Waals surface area contributed by atoms with Gasteiger partial charge in [-0.1, -0.05) is 29.3 Å². The summed E-state index contributed by atoms with van der Waals surface area (Å²) >= 11 is 17.9. The Labute approximate surface area is 153 Å². The molecule has 24 heavy (non-hydrogen) atoms. The third-order valence-electron chi connectivity index (χ3n) is 3.51. The molecule has 1 aromatic heterocycles. The van der Waals surface area contributed by atoms with Gasteiger partial charge in [0.25, 0.3) is 5.91 Å². The molecule has 0 radical (unpaired) electrons. The Balaban J connectivity index is 1.72. The SMILES string of the molecule is O=C(Nc1ccnc(NC(=O)C2CC2Cl)c1)c1c(Cl)cccc1Cl. The number of halogens is 3. The van der Waals surface area contributed by atoms with E-state index in [1.54, 1.807) is 30.3 Å². The van der Waals surface area contributed by atoms with Crippen LogP contribution in [-0.2, 0) is 4.79 Å². The molecule has 1 fully saturated rings. The maximum atomic E-state index is 12.3. The number of rotatable bonds is 4. The largest absolute Gasteiger partial charge is 0.322 e. The van der Waals surface area contributed by atoms with Crippen molar-refractivity contribution in [3.05, 3.63) is 52.1 Å². The van der Waals surface area contributed by atoms with Gasteiger partial charge in [0.05, 0.1) is 21.5 Å². The van der Waals surface area contributed by atoms with E-state index in [9.17, 15) is 9.59 Å². The van der Waals surface area contributed by atoms with Crippen molar-refractivity contribution >= 4 is 58.1 Å². The van der Waals surface area contributed by atoms with Crippen molar-refractivity contribution < 1.29 is 9.59 Å². The quantitative estimate of drug-likeness (QED) is 0.776. The van der Waals surface area contributed by atoms with E-state index in [-0.39, 0.29) is 32.8 Å². The monoisotopic (exact) mass is 383 g/mol. The van der Waals surface area contributed by atoms with Crippen LogP contribution in [0.2, 0.25) is 10.0 Å². The van der Waals surface area contributed by atoms with Gasteiger partial charge in [-0.2, -0.15) is 0 Å². The van der Waals surface area contributed by atoms with Gasteiger partial charge in [0.2, 0.25) is 5.91 Å². The Bertz CT molecular complexity index is 793. The van der Waals surface area contributed by atoms with Crippen LogP contribution in [0.5, 0.6) is 0 Å². The highest BCUT2D eigenvalue weighted by atomic mass is 35.5. The Morgan fingerprint density at radius 2 is 1.79 bits per heavy atom. The van der Waals surface area contributed by atoms with Crippen molar-refractivity contribution in [2.24, 2.45) is 5.92 Å². The zero-order chi connectivity index (χ0) is 17.3. The molecule has 0 saturated heterocycles. The normalized spacial score (nSPS) is 18.8. The van der Waals surface area contributed by atoms with Gasteiger partial charge in [-0.25, -0.2) is 4.98 Å². The van der Waals surface area contributed by atoms with E-state index in [1.165, 1.54) is 6.20 Å². The first kappa shape index (κ1) is 17.0. The van der Waals surface area contributed by atoms with E-state index in [0.29, 0.717) is 17.9 Å². The van der Waals surface area contributed by atoms with Crippen molar-refractivity contribution in [1.29, 1.82) is 0 Å². The molecule has 1 aliphatic carbocycles. The summed E-state index contributed by atoms with van der Waals surface area (Å²) < 4.78 is 0. The van der Waals surface area contributed by atoms with Gasteiger partial charge in [0.15, 0.2) is 0 Å². The first-order valence-electron chi connectivity index (χ1n) is 7.12. The standard InChI is InChI=1S/C16H12Cl3N3O2/c17-10-2-1-3-11(18)14(10)16(24)21-8-4-5-20-13(6-8)22-15(23)9-7-12(9)19/h1-6,9,12H,7H2,(H2,20,21,22,23,24). The molecule has 1 heterocycles. The average molecular weight is 385 g/mol. The topological polar surface area (TPSA) is 71.1 Å². The van der Waals surface area contributed by atoms with Crippen molar-refractivity contribution in [2.45, 2.75) is 11.8 Å². The number of anilines is 2. The lowest BCUT2D eigenvalue weighted by atomic mass is 10.2.